The molecule has 94 valence electrons. The molecule has 0 aliphatic heterocycles. The third-order valence-corrected chi connectivity index (χ3v) is 2.22. The molecule has 1 rings (SSSR count). The fourth-order valence-corrected chi connectivity index (χ4v) is 1.45. The number of primary amides is 1. The summed E-state index contributed by atoms with van der Waals surface area (Å²) in [4.78, 5) is 21.3. The van der Waals surface area contributed by atoms with E-state index < -0.39 is 0 Å². The molecule has 0 aliphatic rings. The standard InChI is InChI=1S/C11H19N5O/c1-4-13-11-14-6-5-10(15-11)16(8(2)3)7-9(12)17/h5-6,8H,4,7H2,1-3H3,(H2,12,17)(H,13,14,15). The maximum absolute atomic E-state index is 11.0. The first-order valence-corrected chi connectivity index (χ1v) is 5.66. The van der Waals surface area contributed by atoms with E-state index in [1.807, 2.05) is 25.7 Å². The fraction of sp³-hybridized carbons (Fsp3) is 0.545. The Morgan fingerprint density at radius 3 is 2.82 bits per heavy atom. The van der Waals surface area contributed by atoms with Gasteiger partial charge in [0.2, 0.25) is 11.9 Å². The van der Waals surface area contributed by atoms with Gasteiger partial charge in [-0.15, -0.1) is 0 Å². The van der Waals surface area contributed by atoms with E-state index in [0.717, 1.165) is 6.54 Å². The molecular weight excluding hydrogens is 218 g/mol. The lowest BCUT2D eigenvalue weighted by atomic mass is 10.3. The van der Waals surface area contributed by atoms with Crippen LogP contribution in [0.2, 0.25) is 0 Å². The van der Waals surface area contributed by atoms with Crippen LogP contribution in [0.3, 0.4) is 0 Å². The van der Waals surface area contributed by atoms with Crippen LogP contribution < -0.4 is 16.0 Å². The quantitative estimate of drug-likeness (QED) is 0.757. The molecule has 1 heterocycles. The highest BCUT2D eigenvalue weighted by Crippen LogP contribution is 2.14. The lowest BCUT2D eigenvalue weighted by Gasteiger charge is -2.26. The van der Waals surface area contributed by atoms with E-state index in [-0.39, 0.29) is 18.5 Å². The fourth-order valence-electron chi connectivity index (χ4n) is 1.45. The summed E-state index contributed by atoms with van der Waals surface area (Å²) in [5.41, 5.74) is 5.23. The molecule has 1 aromatic heterocycles. The van der Waals surface area contributed by atoms with Crippen LogP contribution >= 0.6 is 0 Å². The maximum atomic E-state index is 11.0. The van der Waals surface area contributed by atoms with E-state index in [9.17, 15) is 4.79 Å². The Morgan fingerprint density at radius 1 is 1.59 bits per heavy atom. The van der Waals surface area contributed by atoms with Gasteiger partial charge in [-0.2, -0.15) is 4.98 Å². The Labute approximate surface area is 101 Å². The summed E-state index contributed by atoms with van der Waals surface area (Å²) in [5.74, 6) is 0.882. The Kier molecular flexibility index (Phi) is 4.68. The number of carbonyl (C=O) groups is 1. The van der Waals surface area contributed by atoms with E-state index in [0.29, 0.717) is 11.8 Å². The number of hydrogen-bond acceptors (Lipinski definition) is 5. The van der Waals surface area contributed by atoms with Crippen LogP contribution in [0.5, 0.6) is 0 Å². The van der Waals surface area contributed by atoms with Gasteiger partial charge in [0, 0.05) is 18.8 Å². The molecule has 0 unspecified atom stereocenters. The second-order valence-corrected chi connectivity index (χ2v) is 3.96. The number of anilines is 2. The van der Waals surface area contributed by atoms with Crippen LogP contribution in [0.25, 0.3) is 0 Å². The predicted molar refractivity (Wildman–Crippen MR) is 67.9 cm³/mol. The molecule has 0 aliphatic carbocycles. The molecule has 17 heavy (non-hydrogen) atoms. The minimum Gasteiger partial charge on any atom is -0.368 e. The SMILES string of the molecule is CCNc1nccc(N(CC(N)=O)C(C)C)n1. The summed E-state index contributed by atoms with van der Waals surface area (Å²) in [6, 6.07) is 1.91. The normalized spacial score (nSPS) is 10.4. The molecule has 0 atom stereocenters. The molecule has 0 saturated carbocycles. The molecule has 0 aromatic carbocycles. The Balaban J connectivity index is 2.93. The second kappa shape index (κ2) is 6.03. The van der Waals surface area contributed by atoms with Crippen LogP contribution in [-0.2, 0) is 4.79 Å². The molecule has 1 aromatic rings. The predicted octanol–water partition coefficient (Wildman–Crippen LogP) is 0.608. The zero-order chi connectivity index (χ0) is 12.8. The van der Waals surface area contributed by atoms with Crippen LogP contribution in [0, 0.1) is 0 Å². The summed E-state index contributed by atoms with van der Waals surface area (Å²) in [6.07, 6.45) is 1.66. The highest BCUT2D eigenvalue weighted by molar-refractivity contribution is 5.79. The molecule has 0 saturated heterocycles. The van der Waals surface area contributed by atoms with Crippen molar-refractivity contribution >= 4 is 17.7 Å². The number of aromatic nitrogens is 2. The van der Waals surface area contributed by atoms with E-state index >= 15 is 0 Å². The number of nitrogens with two attached hydrogens (primary N) is 1. The second-order valence-electron chi connectivity index (χ2n) is 3.96. The average Bonchev–Trinajstić information content (AvgIpc) is 2.26. The van der Waals surface area contributed by atoms with E-state index in [2.05, 4.69) is 15.3 Å². The summed E-state index contributed by atoms with van der Waals surface area (Å²) in [5, 5.41) is 3.03. The largest absolute Gasteiger partial charge is 0.368 e. The summed E-state index contributed by atoms with van der Waals surface area (Å²) in [6.45, 7) is 6.84. The van der Waals surface area contributed by atoms with Crippen molar-refractivity contribution in [2.45, 2.75) is 26.8 Å². The summed E-state index contributed by atoms with van der Waals surface area (Å²) in [7, 11) is 0. The van der Waals surface area contributed by atoms with Gasteiger partial charge in [-0.05, 0) is 26.8 Å². The van der Waals surface area contributed by atoms with Gasteiger partial charge in [-0.25, -0.2) is 4.98 Å². The Bertz CT molecular complexity index is 380. The van der Waals surface area contributed by atoms with Gasteiger partial charge in [-0.3, -0.25) is 4.79 Å². The molecule has 3 N–H and O–H groups in total. The van der Waals surface area contributed by atoms with Gasteiger partial charge >= 0.3 is 0 Å². The Hall–Kier alpha value is -1.85. The first-order valence-electron chi connectivity index (χ1n) is 5.66. The highest BCUT2D eigenvalue weighted by atomic mass is 16.1. The third-order valence-electron chi connectivity index (χ3n) is 2.22. The smallest absolute Gasteiger partial charge is 0.237 e. The average molecular weight is 237 g/mol. The molecule has 0 bridgehead atoms. The monoisotopic (exact) mass is 237 g/mol. The molecule has 0 spiro atoms. The van der Waals surface area contributed by atoms with Crippen molar-refractivity contribution in [2.75, 3.05) is 23.3 Å². The maximum Gasteiger partial charge on any atom is 0.237 e. The Morgan fingerprint density at radius 2 is 2.29 bits per heavy atom. The molecule has 6 nitrogen and oxygen atoms in total. The first-order chi connectivity index (χ1) is 8.04. The van der Waals surface area contributed by atoms with E-state index in [4.69, 9.17) is 5.73 Å². The molecular formula is C11H19N5O. The van der Waals surface area contributed by atoms with Crippen LogP contribution in [0.15, 0.2) is 12.3 Å². The minimum atomic E-state index is -0.373. The zero-order valence-electron chi connectivity index (χ0n) is 10.5. The van der Waals surface area contributed by atoms with Crippen molar-refractivity contribution in [3.63, 3.8) is 0 Å². The number of nitrogens with one attached hydrogen (secondary N) is 1. The van der Waals surface area contributed by atoms with Crippen molar-refractivity contribution < 1.29 is 4.79 Å². The molecule has 0 radical (unpaired) electrons. The van der Waals surface area contributed by atoms with Crippen molar-refractivity contribution in [2.24, 2.45) is 5.73 Å². The lowest BCUT2D eigenvalue weighted by molar-refractivity contribution is -0.116. The lowest BCUT2D eigenvalue weighted by Crippen LogP contribution is -2.39. The van der Waals surface area contributed by atoms with Gasteiger partial charge < -0.3 is 16.0 Å². The van der Waals surface area contributed by atoms with Crippen LogP contribution in [-0.4, -0.2) is 35.0 Å². The number of hydrogen-bond donors (Lipinski definition) is 2. The van der Waals surface area contributed by atoms with E-state index in [1.54, 1.807) is 12.3 Å². The number of nitrogens with zero attached hydrogens (tertiary/aromatic N) is 3. The van der Waals surface area contributed by atoms with Gasteiger partial charge in [0.25, 0.3) is 0 Å². The van der Waals surface area contributed by atoms with Crippen LogP contribution in [0.1, 0.15) is 20.8 Å². The van der Waals surface area contributed by atoms with Crippen molar-refractivity contribution in [1.82, 2.24) is 9.97 Å². The molecule has 6 heteroatoms. The minimum absolute atomic E-state index is 0.145. The number of amides is 1. The van der Waals surface area contributed by atoms with Crippen molar-refractivity contribution in [3.8, 4) is 0 Å². The van der Waals surface area contributed by atoms with Gasteiger partial charge in [0.15, 0.2) is 0 Å². The number of rotatable bonds is 6. The van der Waals surface area contributed by atoms with Crippen molar-refractivity contribution in [3.05, 3.63) is 12.3 Å². The molecule has 0 fully saturated rings. The first kappa shape index (κ1) is 13.2. The number of carbonyl (C=O) groups excluding carboxylic acids is 1. The van der Waals surface area contributed by atoms with Crippen molar-refractivity contribution in [1.29, 1.82) is 0 Å². The summed E-state index contributed by atoms with van der Waals surface area (Å²) >= 11 is 0. The van der Waals surface area contributed by atoms with Gasteiger partial charge in [-0.1, -0.05) is 0 Å². The van der Waals surface area contributed by atoms with E-state index in [1.165, 1.54) is 0 Å². The zero-order valence-corrected chi connectivity index (χ0v) is 10.5. The molecule has 1 amide bonds. The highest BCUT2D eigenvalue weighted by Gasteiger charge is 2.14. The third kappa shape index (κ3) is 3.90. The van der Waals surface area contributed by atoms with Crippen LogP contribution in [0.4, 0.5) is 11.8 Å². The topological polar surface area (TPSA) is 84.1 Å². The van der Waals surface area contributed by atoms with Gasteiger partial charge in [0.05, 0.1) is 6.54 Å². The summed E-state index contributed by atoms with van der Waals surface area (Å²) < 4.78 is 0. The van der Waals surface area contributed by atoms with Gasteiger partial charge in [0.1, 0.15) is 5.82 Å².